The molecule has 1 aliphatic rings. The van der Waals surface area contributed by atoms with Crippen LogP contribution in [0.5, 0.6) is 74.7 Å². The second-order valence-corrected chi connectivity index (χ2v) is 33.7. The quantitative estimate of drug-likeness (QED) is 0.0139. The molecule has 0 radical (unpaired) electrons. The molecule has 0 aromatic heterocycles. The second kappa shape index (κ2) is 57.8. The Morgan fingerprint density at radius 3 is 0.814 bits per heavy atom. The molecule has 26 nitrogen and oxygen atoms in total. The molecule has 12 aromatic carbocycles. The van der Waals surface area contributed by atoms with Crippen LogP contribution in [0.2, 0.25) is 30.1 Å². The van der Waals surface area contributed by atoms with E-state index >= 15 is 0 Å². The summed E-state index contributed by atoms with van der Waals surface area (Å²) in [6, 6.07) is 47.3. The third kappa shape index (κ3) is 34.9. The molecule has 1 N–H and O–H groups in total. The average molecular weight is 2150 g/mol. The van der Waals surface area contributed by atoms with Crippen molar-refractivity contribution >= 4 is 119 Å². The molecule has 0 atom stereocenters. The van der Waals surface area contributed by atoms with Crippen molar-refractivity contribution in [1.29, 1.82) is 0 Å². The van der Waals surface area contributed by atoms with Gasteiger partial charge in [-0.2, -0.15) is 12.6 Å². The zero-order chi connectivity index (χ0) is 106. The molecule has 13 rings (SSSR count). The summed E-state index contributed by atoms with van der Waals surface area (Å²) in [7, 11) is 7.32. The molecule has 0 spiro atoms. The summed E-state index contributed by atoms with van der Waals surface area (Å²) in [5, 5.41) is 11.3. The lowest BCUT2D eigenvalue weighted by atomic mass is 10.0. The van der Waals surface area contributed by atoms with Crippen LogP contribution in [0.4, 0.5) is 55.1 Å². The van der Waals surface area contributed by atoms with Gasteiger partial charge in [-0.3, -0.25) is 0 Å². The van der Waals surface area contributed by atoms with Gasteiger partial charge in [-0.05, 0) is 221 Å². The first-order valence-electron chi connectivity index (χ1n) is 43.8. The smallest absolute Gasteiger partial charge is 0.493 e. The number of hydrogen-bond acceptors (Lipinski definition) is 27. The Hall–Kier alpha value is -13.5. The highest BCUT2D eigenvalue weighted by Gasteiger charge is 2.30. The molecule has 0 saturated heterocycles. The predicted octanol–water partition coefficient (Wildman–Crippen LogP) is 29.1. The Labute approximate surface area is 868 Å². The monoisotopic (exact) mass is 2150 g/mol. The largest absolute Gasteiger partial charge is 0.513 e. The molecule has 1 fully saturated rings. The van der Waals surface area contributed by atoms with E-state index in [-0.39, 0.29) is 114 Å². The standard InChI is InChI=1S/C19H18ClFO4.C18H18ClFO5.C18H18ClFO4.C17H16ClFO5.C17H16ClFO4S.C17H16ClFO4/c1-11-8-15(20)18(9-16(11)21)24-10-14-13(12-6-7-12)4-3-5-17(14)25-19(22)23-2;1-4-23-15-6-5-7-16(25-18(21)22-3)12(15)10-24-17-9-14(20)11(2)8-13(17)19;1-4-12-6-5-7-16(24-18(21)22-3)13(12)10-23-17-9-15(20)11(2)8-14(17)19;1-10-6-13(18)16(7-14(10)19)23-9-12-11(8-20)4-3-5-15(12)24-17(21)22-2;1-10-6-13(18)16(7-14(10)19)22-8-12-11(9-24)4-3-5-15(12)23-17(20)21-2;1-10-5-4-6-15(23-17(20)21-3)12(10)9-22-16-8-14(19)11(2)7-13(16)18/h3-5,8-9,12H,6-7,10H2,1-2H3;5-9H,4,10H2,1-3H3;5-9H,4,10H2,1-3H3;3-7,20H,8-9H2,1-2H3;3-7,24H,8-9H2,1-2H3;4-8H,9H2,1-3H3. The van der Waals surface area contributed by atoms with Crippen molar-refractivity contribution in [3.8, 4) is 74.7 Å². The number of halogens is 12. The lowest BCUT2D eigenvalue weighted by Crippen LogP contribution is -2.11. The maximum Gasteiger partial charge on any atom is 0.513 e. The molecule has 0 bridgehead atoms. The number of hydrogen-bond donors (Lipinski definition) is 2. The zero-order valence-electron chi connectivity index (χ0n) is 81.0. The Morgan fingerprint density at radius 1 is 0.290 bits per heavy atom. The van der Waals surface area contributed by atoms with Crippen molar-refractivity contribution < 1.29 is 150 Å². The number of aryl methyl sites for hydroxylation is 8. The first-order valence-corrected chi connectivity index (χ1v) is 46.7. The fourth-order valence-electron chi connectivity index (χ4n) is 13.0. The van der Waals surface area contributed by atoms with Gasteiger partial charge in [-0.1, -0.05) is 143 Å². The van der Waals surface area contributed by atoms with E-state index in [4.69, 9.17) is 131 Å². The van der Waals surface area contributed by atoms with E-state index in [9.17, 15) is 60.2 Å². The van der Waals surface area contributed by atoms with Gasteiger partial charge >= 0.3 is 36.9 Å². The minimum Gasteiger partial charge on any atom is -0.493 e. The Bertz CT molecular complexity index is 6230. The number of thiol groups is 1. The lowest BCUT2D eigenvalue weighted by molar-refractivity contribution is 0.119. The summed E-state index contributed by atoms with van der Waals surface area (Å²) in [5.74, 6) is 1.80. The van der Waals surface area contributed by atoms with E-state index in [1.54, 1.807) is 114 Å². The minimum absolute atomic E-state index is 0.0330. The van der Waals surface area contributed by atoms with E-state index in [1.807, 2.05) is 51.1 Å². The lowest BCUT2D eigenvalue weighted by Gasteiger charge is -2.16. The maximum absolute atomic E-state index is 13.8. The summed E-state index contributed by atoms with van der Waals surface area (Å²) in [5.41, 5.74) is 10.3. The molecule has 0 aliphatic heterocycles. The van der Waals surface area contributed by atoms with Gasteiger partial charge in [0.1, 0.15) is 149 Å². The minimum atomic E-state index is -0.897. The maximum atomic E-state index is 13.8. The average Bonchev–Trinajstić information content (AvgIpc) is 1.66. The summed E-state index contributed by atoms with van der Waals surface area (Å²) < 4.78 is 179. The van der Waals surface area contributed by atoms with Gasteiger partial charge in [-0.25, -0.2) is 55.1 Å². The fraction of sp³-hybridized carbons (Fsp3) is 0.264. The molecule has 39 heteroatoms. The van der Waals surface area contributed by atoms with E-state index in [0.29, 0.717) is 135 Å². The van der Waals surface area contributed by atoms with E-state index < -0.39 is 66.0 Å². The van der Waals surface area contributed by atoms with Crippen LogP contribution in [0.25, 0.3) is 0 Å². The molecule has 772 valence electrons. The van der Waals surface area contributed by atoms with Crippen molar-refractivity contribution in [3.63, 3.8) is 0 Å². The van der Waals surface area contributed by atoms with Crippen LogP contribution in [0.1, 0.15) is 127 Å². The van der Waals surface area contributed by atoms with Crippen molar-refractivity contribution in [2.24, 2.45) is 0 Å². The number of ether oxygens (including phenoxy) is 19. The van der Waals surface area contributed by atoms with Gasteiger partial charge in [-0.15, -0.1) is 0 Å². The third-order valence-corrected chi connectivity index (χ3v) is 23.1. The summed E-state index contributed by atoms with van der Waals surface area (Å²) >= 11 is 40.7. The molecule has 145 heavy (non-hydrogen) atoms. The number of rotatable bonds is 30. The highest BCUT2D eigenvalue weighted by molar-refractivity contribution is 7.79. The number of carbonyl (C=O) groups is 6. The highest BCUT2D eigenvalue weighted by atomic mass is 35.5. The van der Waals surface area contributed by atoms with Gasteiger partial charge in [0, 0.05) is 70.0 Å². The summed E-state index contributed by atoms with van der Waals surface area (Å²) in [4.78, 5) is 68.3. The van der Waals surface area contributed by atoms with Crippen LogP contribution in [0.3, 0.4) is 0 Å². The Balaban J connectivity index is 0.000000212. The predicted molar refractivity (Wildman–Crippen MR) is 536 cm³/mol. The highest BCUT2D eigenvalue weighted by Crippen LogP contribution is 2.46. The number of aliphatic hydroxyl groups excluding tert-OH is 1. The summed E-state index contributed by atoms with van der Waals surface area (Å²) in [6.45, 7) is 15.6. The van der Waals surface area contributed by atoms with Gasteiger partial charge in [0.15, 0.2) is 0 Å². The molecular formula is C106H102Cl6F6O26S. The van der Waals surface area contributed by atoms with Crippen LogP contribution in [0.15, 0.2) is 182 Å². The molecule has 1 saturated carbocycles. The first-order chi connectivity index (χ1) is 69.2. The number of aliphatic hydroxyl groups is 1. The molecule has 12 aromatic rings. The van der Waals surface area contributed by atoms with Gasteiger partial charge in [0.2, 0.25) is 0 Å². The van der Waals surface area contributed by atoms with Crippen LogP contribution < -0.4 is 61.6 Å². The van der Waals surface area contributed by atoms with E-state index in [0.717, 1.165) is 40.7 Å². The Morgan fingerprint density at radius 2 is 0.524 bits per heavy atom. The normalized spacial score (nSPS) is 10.9. The number of carbonyl (C=O) groups excluding carboxylic acids is 6. The van der Waals surface area contributed by atoms with Crippen molar-refractivity contribution in [3.05, 3.63) is 342 Å². The molecule has 0 unspecified atom stereocenters. The van der Waals surface area contributed by atoms with Crippen LogP contribution >= 0.6 is 82.2 Å². The van der Waals surface area contributed by atoms with Crippen LogP contribution in [-0.4, -0.2) is 91.3 Å². The van der Waals surface area contributed by atoms with Crippen molar-refractivity contribution in [2.45, 2.75) is 139 Å². The summed E-state index contributed by atoms with van der Waals surface area (Å²) in [6.07, 6.45) is -2.17. The fourth-order valence-corrected chi connectivity index (χ4v) is 14.9. The first kappa shape index (κ1) is 117. The van der Waals surface area contributed by atoms with Crippen LogP contribution in [-0.2, 0) is 86.8 Å². The van der Waals surface area contributed by atoms with Gasteiger partial charge in [0.25, 0.3) is 0 Å². The molecular weight excluding hydrogens is 2050 g/mol. The van der Waals surface area contributed by atoms with Crippen LogP contribution in [0, 0.1) is 83.4 Å². The zero-order valence-corrected chi connectivity index (χ0v) is 86.4. The third-order valence-electron chi connectivity index (χ3n) is 21.0. The number of benzene rings is 12. The second-order valence-electron chi connectivity index (χ2n) is 30.9. The van der Waals surface area contributed by atoms with Gasteiger partial charge in [0.05, 0.1) is 91.6 Å². The number of methoxy groups -OCH3 is 6. The topological polar surface area (TPSA) is 298 Å². The van der Waals surface area contributed by atoms with Crippen molar-refractivity contribution in [2.75, 3.05) is 49.3 Å². The molecule has 1 aliphatic carbocycles. The van der Waals surface area contributed by atoms with E-state index in [2.05, 4.69) is 41.0 Å². The van der Waals surface area contributed by atoms with E-state index in [1.165, 1.54) is 122 Å². The molecule has 0 heterocycles. The van der Waals surface area contributed by atoms with Gasteiger partial charge < -0.3 is 95.1 Å². The Kier molecular flexibility index (Phi) is 46.6. The van der Waals surface area contributed by atoms with Crippen molar-refractivity contribution in [1.82, 2.24) is 0 Å². The SMILES string of the molecule is CCOc1cccc(OC(=O)OC)c1COc1cc(F)c(C)cc1Cl.CCc1cccc(OC(=O)OC)c1COc1cc(F)c(C)cc1Cl.COC(=O)Oc1cccc(C)c1COc1cc(F)c(C)cc1Cl.COC(=O)Oc1cccc(C2CC2)c1COc1cc(F)c(C)cc1Cl.COC(=O)Oc1cccc(CO)c1COc1cc(F)c(C)cc1Cl.COC(=O)Oc1cccc(CS)c1COc1cc(F)c(C)cc1Cl. The molecule has 0 amide bonds.